The minimum Gasteiger partial charge on any atom is -0.382 e. The van der Waals surface area contributed by atoms with Crippen LogP contribution in [0.1, 0.15) is 13.3 Å². The van der Waals surface area contributed by atoms with Crippen molar-refractivity contribution in [2.75, 3.05) is 5.32 Å². The van der Waals surface area contributed by atoms with Crippen molar-refractivity contribution in [1.82, 2.24) is 0 Å². The van der Waals surface area contributed by atoms with E-state index in [1.807, 2.05) is 6.92 Å². The molecule has 1 aromatic carbocycles. The minimum atomic E-state index is -0.623. The second kappa shape index (κ2) is 5.25. The number of anilines is 1. The summed E-state index contributed by atoms with van der Waals surface area (Å²) in [4.78, 5) is 9.89. The number of rotatable bonds is 5. The maximum absolute atomic E-state index is 13.1. The monoisotopic (exact) mass is 224 g/mol. The topological polar surface area (TPSA) is 55.2 Å². The van der Waals surface area contributed by atoms with Gasteiger partial charge in [-0.25, -0.2) is 4.39 Å². The summed E-state index contributed by atoms with van der Waals surface area (Å²) in [5.41, 5.74) is 0.148. The summed E-state index contributed by atoms with van der Waals surface area (Å²) in [7, 11) is 0. The van der Waals surface area contributed by atoms with Crippen LogP contribution < -0.4 is 5.32 Å². The SMILES string of the molecule is C=CCC(C)Nc1cc(F)cc([N+](=O)[O-])c1. The Bertz CT molecular complexity index is 407. The molecule has 0 amide bonds. The van der Waals surface area contributed by atoms with Gasteiger partial charge in [0.1, 0.15) is 5.82 Å². The Hall–Kier alpha value is -1.91. The Labute approximate surface area is 92.9 Å². The molecule has 1 N–H and O–H groups in total. The molecular weight excluding hydrogens is 211 g/mol. The van der Waals surface area contributed by atoms with Gasteiger partial charge in [-0.2, -0.15) is 0 Å². The molecule has 0 aliphatic rings. The van der Waals surface area contributed by atoms with Crippen molar-refractivity contribution < 1.29 is 9.31 Å². The van der Waals surface area contributed by atoms with Crippen LogP contribution in [0.4, 0.5) is 15.8 Å². The van der Waals surface area contributed by atoms with E-state index in [9.17, 15) is 14.5 Å². The van der Waals surface area contributed by atoms with Crippen LogP contribution >= 0.6 is 0 Å². The first-order valence-electron chi connectivity index (χ1n) is 4.85. The van der Waals surface area contributed by atoms with Crippen molar-refractivity contribution in [2.24, 2.45) is 0 Å². The number of nitrogens with zero attached hydrogens (tertiary/aromatic N) is 1. The summed E-state index contributed by atoms with van der Waals surface area (Å²) in [6, 6.07) is 3.48. The third-order valence-electron chi connectivity index (χ3n) is 2.03. The number of nitro groups is 1. The second-order valence-electron chi connectivity index (χ2n) is 3.52. The van der Waals surface area contributed by atoms with Crippen LogP contribution in [-0.4, -0.2) is 11.0 Å². The van der Waals surface area contributed by atoms with Gasteiger partial charge in [0.25, 0.3) is 5.69 Å². The van der Waals surface area contributed by atoms with Crippen molar-refractivity contribution >= 4 is 11.4 Å². The van der Waals surface area contributed by atoms with E-state index < -0.39 is 10.7 Å². The lowest BCUT2D eigenvalue weighted by molar-refractivity contribution is -0.385. The second-order valence-corrected chi connectivity index (χ2v) is 3.52. The van der Waals surface area contributed by atoms with Crippen LogP contribution in [0.5, 0.6) is 0 Å². The smallest absolute Gasteiger partial charge is 0.274 e. The third-order valence-corrected chi connectivity index (χ3v) is 2.03. The molecule has 0 saturated heterocycles. The summed E-state index contributed by atoms with van der Waals surface area (Å²) >= 11 is 0. The summed E-state index contributed by atoms with van der Waals surface area (Å²) < 4.78 is 13.1. The maximum atomic E-state index is 13.1. The van der Waals surface area contributed by atoms with Gasteiger partial charge in [-0.05, 0) is 19.4 Å². The molecule has 1 aromatic rings. The van der Waals surface area contributed by atoms with Crippen LogP contribution in [0.3, 0.4) is 0 Å². The van der Waals surface area contributed by atoms with Gasteiger partial charge < -0.3 is 5.32 Å². The Balaban J connectivity index is 2.87. The molecule has 0 radical (unpaired) electrons. The van der Waals surface area contributed by atoms with Gasteiger partial charge in [-0.1, -0.05) is 6.08 Å². The molecule has 1 unspecified atom stereocenters. The van der Waals surface area contributed by atoms with E-state index in [1.54, 1.807) is 6.08 Å². The van der Waals surface area contributed by atoms with Crippen LogP contribution in [0.2, 0.25) is 0 Å². The number of hydrogen-bond acceptors (Lipinski definition) is 3. The van der Waals surface area contributed by atoms with E-state index in [4.69, 9.17) is 0 Å². The van der Waals surface area contributed by atoms with Crippen molar-refractivity contribution in [1.29, 1.82) is 0 Å². The van der Waals surface area contributed by atoms with E-state index in [0.29, 0.717) is 12.1 Å². The molecule has 1 atom stereocenters. The van der Waals surface area contributed by atoms with Crippen LogP contribution in [0.25, 0.3) is 0 Å². The van der Waals surface area contributed by atoms with Crippen LogP contribution in [0, 0.1) is 15.9 Å². The lowest BCUT2D eigenvalue weighted by atomic mass is 10.2. The van der Waals surface area contributed by atoms with Crippen molar-refractivity contribution in [2.45, 2.75) is 19.4 Å². The highest BCUT2D eigenvalue weighted by Gasteiger charge is 2.10. The number of nitrogens with one attached hydrogen (secondary N) is 1. The zero-order valence-corrected chi connectivity index (χ0v) is 8.94. The molecule has 0 fully saturated rings. The van der Waals surface area contributed by atoms with Crippen molar-refractivity contribution in [3.8, 4) is 0 Å². The fraction of sp³-hybridized carbons (Fsp3) is 0.273. The van der Waals surface area contributed by atoms with Gasteiger partial charge in [0, 0.05) is 17.8 Å². The van der Waals surface area contributed by atoms with Crippen molar-refractivity contribution in [3.05, 3.63) is 46.8 Å². The predicted octanol–water partition coefficient (Wildman–Crippen LogP) is 3.11. The van der Waals surface area contributed by atoms with Crippen LogP contribution in [0.15, 0.2) is 30.9 Å². The Kier molecular flexibility index (Phi) is 3.99. The molecule has 86 valence electrons. The number of benzene rings is 1. The van der Waals surface area contributed by atoms with Gasteiger partial charge in [0.15, 0.2) is 0 Å². The van der Waals surface area contributed by atoms with E-state index in [2.05, 4.69) is 11.9 Å². The van der Waals surface area contributed by atoms with Crippen molar-refractivity contribution in [3.63, 3.8) is 0 Å². The highest BCUT2D eigenvalue weighted by molar-refractivity contribution is 5.52. The third kappa shape index (κ3) is 3.34. The van der Waals surface area contributed by atoms with Gasteiger partial charge >= 0.3 is 0 Å². The van der Waals surface area contributed by atoms with Gasteiger partial charge in [0.2, 0.25) is 0 Å². The molecule has 16 heavy (non-hydrogen) atoms. The summed E-state index contributed by atoms with van der Waals surface area (Å²) in [5, 5.41) is 13.5. The normalized spacial score (nSPS) is 11.9. The summed E-state index contributed by atoms with van der Waals surface area (Å²) in [6.45, 7) is 5.47. The van der Waals surface area contributed by atoms with Gasteiger partial charge in [0.05, 0.1) is 11.0 Å². The van der Waals surface area contributed by atoms with E-state index in [-0.39, 0.29) is 11.7 Å². The fourth-order valence-corrected chi connectivity index (χ4v) is 1.36. The quantitative estimate of drug-likeness (QED) is 0.475. The molecule has 0 aliphatic carbocycles. The molecule has 0 saturated carbocycles. The Morgan fingerprint density at radius 2 is 2.31 bits per heavy atom. The molecule has 0 aromatic heterocycles. The highest BCUT2D eigenvalue weighted by Crippen LogP contribution is 2.20. The molecule has 0 spiro atoms. The maximum Gasteiger partial charge on any atom is 0.274 e. The molecule has 4 nitrogen and oxygen atoms in total. The average molecular weight is 224 g/mol. The van der Waals surface area contributed by atoms with Gasteiger partial charge in [-0.3, -0.25) is 10.1 Å². The van der Waals surface area contributed by atoms with Gasteiger partial charge in [-0.15, -0.1) is 6.58 Å². The first kappa shape index (κ1) is 12.2. The first-order valence-corrected chi connectivity index (χ1v) is 4.85. The number of hydrogen-bond donors (Lipinski definition) is 1. The number of non-ortho nitro benzene ring substituents is 1. The molecule has 1 rings (SSSR count). The number of halogens is 1. The summed E-state index contributed by atoms with van der Waals surface area (Å²) in [6.07, 6.45) is 2.43. The zero-order chi connectivity index (χ0) is 12.1. The van der Waals surface area contributed by atoms with E-state index >= 15 is 0 Å². The summed E-state index contributed by atoms with van der Waals surface area (Å²) in [5.74, 6) is -0.623. The first-order chi connectivity index (χ1) is 7.52. The Morgan fingerprint density at radius 1 is 1.62 bits per heavy atom. The molecule has 5 heteroatoms. The van der Waals surface area contributed by atoms with Crippen LogP contribution in [-0.2, 0) is 0 Å². The average Bonchev–Trinajstić information content (AvgIpc) is 2.16. The fourth-order valence-electron chi connectivity index (χ4n) is 1.36. The molecular formula is C11H13FN2O2. The predicted molar refractivity (Wildman–Crippen MR) is 61.0 cm³/mol. The molecule has 0 heterocycles. The largest absolute Gasteiger partial charge is 0.382 e. The molecule has 0 aliphatic heterocycles. The number of nitro benzene ring substituents is 1. The standard InChI is InChI=1S/C11H13FN2O2/c1-3-4-8(2)13-10-5-9(12)6-11(7-10)14(15)16/h3,5-8,13H,1,4H2,2H3. The van der Waals surface area contributed by atoms with E-state index in [1.165, 1.54) is 12.1 Å². The minimum absolute atomic E-state index is 0.0545. The Morgan fingerprint density at radius 3 is 2.88 bits per heavy atom. The zero-order valence-electron chi connectivity index (χ0n) is 8.94. The lowest BCUT2D eigenvalue weighted by Gasteiger charge is -2.12. The highest BCUT2D eigenvalue weighted by atomic mass is 19.1. The molecule has 0 bridgehead atoms. The van der Waals surface area contributed by atoms with E-state index in [0.717, 1.165) is 6.07 Å². The lowest BCUT2D eigenvalue weighted by Crippen LogP contribution is -2.14.